The van der Waals surface area contributed by atoms with Crippen LogP contribution in [0.15, 0.2) is 17.5 Å². The molecular formula is C17H23F3N2O3S. The third-order valence-electron chi connectivity index (χ3n) is 4.36. The van der Waals surface area contributed by atoms with E-state index in [1.54, 1.807) is 17.5 Å². The molecule has 1 heterocycles. The molecule has 9 heteroatoms. The number of carbonyl (C=O) groups excluding carboxylic acids is 2. The molecule has 146 valence electrons. The Bertz CT molecular complexity index is 587. The molecule has 1 aromatic rings. The van der Waals surface area contributed by atoms with Crippen LogP contribution < -0.4 is 5.32 Å². The van der Waals surface area contributed by atoms with Gasteiger partial charge in [0, 0.05) is 24.6 Å². The molecule has 2 amide bonds. The highest BCUT2D eigenvalue weighted by atomic mass is 32.1. The molecule has 0 radical (unpaired) electrons. The van der Waals surface area contributed by atoms with Gasteiger partial charge in [-0.3, -0.25) is 9.59 Å². The van der Waals surface area contributed by atoms with Crippen LogP contribution >= 0.6 is 11.3 Å². The molecule has 0 aromatic carbocycles. The predicted octanol–water partition coefficient (Wildman–Crippen LogP) is 3.28. The van der Waals surface area contributed by atoms with E-state index >= 15 is 0 Å². The molecule has 2 rings (SSSR count). The van der Waals surface area contributed by atoms with Gasteiger partial charge in [-0.05, 0) is 24.3 Å². The Morgan fingerprint density at radius 2 is 2.04 bits per heavy atom. The zero-order valence-electron chi connectivity index (χ0n) is 14.6. The molecular weight excluding hydrogens is 369 g/mol. The van der Waals surface area contributed by atoms with Gasteiger partial charge in [-0.1, -0.05) is 25.3 Å². The number of rotatable bonds is 7. The van der Waals surface area contributed by atoms with Crippen LogP contribution in [0.1, 0.15) is 43.0 Å². The molecule has 1 aliphatic rings. The van der Waals surface area contributed by atoms with Crippen LogP contribution in [-0.4, -0.2) is 49.2 Å². The molecule has 0 saturated heterocycles. The first-order valence-electron chi connectivity index (χ1n) is 8.55. The molecule has 0 spiro atoms. The molecule has 1 N–H and O–H groups in total. The van der Waals surface area contributed by atoms with Crippen LogP contribution in [0.3, 0.4) is 0 Å². The van der Waals surface area contributed by atoms with Gasteiger partial charge in [-0.15, -0.1) is 11.3 Å². The summed E-state index contributed by atoms with van der Waals surface area (Å²) in [4.78, 5) is 25.8. The molecule has 1 saturated carbocycles. The molecule has 1 aromatic heterocycles. The van der Waals surface area contributed by atoms with Gasteiger partial charge in [-0.25, -0.2) is 0 Å². The Morgan fingerprint density at radius 1 is 1.35 bits per heavy atom. The van der Waals surface area contributed by atoms with Crippen molar-refractivity contribution in [2.75, 3.05) is 20.3 Å². The molecule has 1 fully saturated rings. The van der Waals surface area contributed by atoms with Crippen molar-refractivity contribution in [3.05, 3.63) is 22.4 Å². The molecule has 1 atom stereocenters. The number of amides is 2. The lowest BCUT2D eigenvalue weighted by Gasteiger charge is -2.32. The maximum absolute atomic E-state index is 13.1. The van der Waals surface area contributed by atoms with Crippen LogP contribution in [0.5, 0.6) is 0 Å². The molecule has 26 heavy (non-hydrogen) atoms. The smallest absolute Gasteiger partial charge is 0.383 e. The van der Waals surface area contributed by atoms with Gasteiger partial charge in [0.05, 0.1) is 6.61 Å². The summed E-state index contributed by atoms with van der Waals surface area (Å²) in [6.45, 7) is -0.421. The maximum atomic E-state index is 13.1. The number of nitrogens with zero attached hydrogens (tertiary/aromatic N) is 1. The first kappa shape index (κ1) is 20.7. The number of nitrogens with one attached hydrogen (secondary N) is 1. The average molecular weight is 392 g/mol. The first-order chi connectivity index (χ1) is 12.3. The van der Waals surface area contributed by atoms with Crippen molar-refractivity contribution in [2.45, 2.75) is 50.4 Å². The second-order valence-electron chi connectivity index (χ2n) is 6.25. The number of hydrogen-bond acceptors (Lipinski definition) is 4. The summed E-state index contributed by atoms with van der Waals surface area (Å²) < 4.78 is 44.1. The Labute approximate surface area is 154 Å². The molecule has 1 aliphatic carbocycles. The van der Waals surface area contributed by atoms with Gasteiger partial charge in [0.2, 0.25) is 5.91 Å². The predicted molar refractivity (Wildman–Crippen MR) is 91.7 cm³/mol. The van der Waals surface area contributed by atoms with Crippen molar-refractivity contribution in [3.8, 4) is 0 Å². The zero-order chi connectivity index (χ0) is 19.2. The first-order valence-corrected chi connectivity index (χ1v) is 9.43. The highest BCUT2D eigenvalue weighted by Crippen LogP contribution is 2.30. The highest BCUT2D eigenvalue weighted by molar-refractivity contribution is 7.10. The number of thiophene rings is 1. The van der Waals surface area contributed by atoms with Crippen LogP contribution in [0.25, 0.3) is 0 Å². The van der Waals surface area contributed by atoms with E-state index in [0.717, 1.165) is 43.4 Å². The molecule has 0 aliphatic heterocycles. The number of methoxy groups -OCH3 is 1. The molecule has 5 nitrogen and oxygen atoms in total. The Balaban J connectivity index is 2.27. The number of carbonyl (C=O) groups is 2. The van der Waals surface area contributed by atoms with E-state index in [1.807, 2.05) is 0 Å². The van der Waals surface area contributed by atoms with Gasteiger partial charge in [0.25, 0.3) is 0 Å². The van der Waals surface area contributed by atoms with Crippen molar-refractivity contribution in [3.63, 3.8) is 0 Å². The summed E-state index contributed by atoms with van der Waals surface area (Å²) >= 11 is 1.15. The second-order valence-corrected chi connectivity index (χ2v) is 7.23. The Hall–Kier alpha value is -1.61. The maximum Gasteiger partial charge on any atom is 0.471 e. The minimum absolute atomic E-state index is 0.0658. The fourth-order valence-corrected chi connectivity index (χ4v) is 3.93. The monoisotopic (exact) mass is 392 g/mol. The number of ether oxygens (including phenoxy) is 1. The minimum Gasteiger partial charge on any atom is -0.383 e. The van der Waals surface area contributed by atoms with E-state index in [-0.39, 0.29) is 19.2 Å². The number of halogens is 3. The van der Waals surface area contributed by atoms with Crippen LogP contribution in [0, 0.1) is 0 Å². The van der Waals surface area contributed by atoms with Gasteiger partial charge in [0.15, 0.2) is 0 Å². The summed E-state index contributed by atoms with van der Waals surface area (Å²) in [6, 6.07) is 1.83. The normalized spacial score (nSPS) is 16.9. The lowest BCUT2D eigenvalue weighted by atomic mass is 9.95. The van der Waals surface area contributed by atoms with Gasteiger partial charge < -0.3 is 15.0 Å². The Morgan fingerprint density at radius 3 is 2.58 bits per heavy atom. The lowest BCUT2D eigenvalue weighted by molar-refractivity contribution is -0.189. The summed E-state index contributed by atoms with van der Waals surface area (Å²) in [5.41, 5.74) is 0. The minimum atomic E-state index is -5.06. The van der Waals surface area contributed by atoms with E-state index in [9.17, 15) is 22.8 Å². The van der Waals surface area contributed by atoms with E-state index in [0.29, 0.717) is 9.78 Å². The van der Waals surface area contributed by atoms with Gasteiger partial charge in [-0.2, -0.15) is 13.2 Å². The number of alkyl halides is 3. The molecule has 0 unspecified atom stereocenters. The van der Waals surface area contributed by atoms with Gasteiger partial charge >= 0.3 is 12.1 Å². The fourth-order valence-electron chi connectivity index (χ4n) is 3.10. The Kier molecular flexibility index (Phi) is 7.45. The lowest BCUT2D eigenvalue weighted by Crippen LogP contribution is -2.51. The summed E-state index contributed by atoms with van der Waals surface area (Å²) in [6.07, 6.45) is -0.420. The van der Waals surface area contributed by atoms with E-state index in [4.69, 9.17) is 4.74 Å². The van der Waals surface area contributed by atoms with Crippen molar-refractivity contribution < 1.29 is 27.5 Å². The van der Waals surface area contributed by atoms with Gasteiger partial charge in [0.1, 0.15) is 6.04 Å². The van der Waals surface area contributed by atoms with Crippen molar-refractivity contribution in [2.24, 2.45) is 0 Å². The average Bonchev–Trinajstić information content (AvgIpc) is 3.11. The third kappa shape index (κ3) is 5.44. The van der Waals surface area contributed by atoms with Crippen LogP contribution in [0.4, 0.5) is 13.2 Å². The topological polar surface area (TPSA) is 58.6 Å². The summed E-state index contributed by atoms with van der Waals surface area (Å²) in [5, 5.41) is 4.51. The summed E-state index contributed by atoms with van der Waals surface area (Å²) in [7, 11) is 1.33. The standard InChI is InChI=1S/C17H23F3N2O3S/c1-25-10-9-22(16(24)17(18,19)20)14(13-8-5-11-26-13)15(23)21-12-6-3-2-4-7-12/h5,8,11-12,14H,2-4,6-7,9-10H2,1H3,(H,21,23)/t14-/m0/s1. The van der Waals surface area contributed by atoms with Crippen LogP contribution in [0.2, 0.25) is 0 Å². The molecule has 0 bridgehead atoms. The quantitative estimate of drug-likeness (QED) is 0.775. The van der Waals surface area contributed by atoms with Crippen molar-refractivity contribution in [1.29, 1.82) is 0 Å². The number of hydrogen-bond donors (Lipinski definition) is 1. The second kappa shape index (κ2) is 9.36. The fraction of sp³-hybridized carbons (Fsp3) is 0.647. The van der Waals surface area contributed by atoms with E-state index < -0.39 is 24.0 Å². The zero-order valence-corrected chi connectivity index (χ0v) is 15.4. The van der Waals surface area contributed by atoms with Crippen molar-refractivity contribution in [1.82, 2.24) is 10.2 Å². The third-order valence-corrected chi connectivity index (χ3v) is 5.29. The van der Waals surface area contributed by atoms with E-state index in [1.165, 1.54) is 7.11 Å². The SMILES string of the molecule is COCCN(C(=O)C(F)(F)F)[C@H](C(=O)NC1CCCCC1)c1cccs1. The van der Waals surface area contributed by atoms with Crippen molar-refractivity contribution >= 4 is 23.2 Å². The summed E-state index contributed by atoms with van der Waals surface area (Å²) in [5.74, 6) is -2.61. The largest absolute Gasteiger partial charge is 0.471 e. The van der Waals surface area contributed by atoms with E-state index in [2.05, 4.69) is 5.32 Å². The van der Waals surface area contributed by atoms with Crippen LogP contribution in [-0.2, 0) is 14.3 Å². The highest BCUT2D eigenvalue weighted by Gasteiger charge is 2.46.